The quantitative estimate of drug-likeness (QED) is 0.819. The minimum Gasteiger partial charge on any atom is -0.340 e. The Morgan fingerprint density at radius 3 is 2.38 bits per heavy atom. The number of hydrogen-bond acceptors (Lipinski definition) is 2. The molecule has 2 aliphatic rings. The molecule has 1 aliphatic carbocycles. The fourth-order valence-electron chi connectivity index (χ4n) is 3.62. The molecular weight excluding hydrogens is 264 g/mol. The lowest BCUT2D eigenvalue weighted by atomic mass is 9.86. The highest BCUT2D eigenvalue weighted by Crippen LogP contribution is 2.43. The summed E-state index contributed by atoms with van der Waals surface area (Å²) in [6.45, 7) is 10.4. The fourth-order valence-corrected chi connectivity index (χ4v) is 3.62. The number of amides is 2. The van der Waals surface area contributed by atoms with E-state index in [-0.39, 0.29) is 23.9 Å². The summed E-state index contributed by atoms with van der Waals surface area (Å²) in [4.78, 5) is 27.4. The molecule has 0 aromatic heterocycles. The third-order valence-corrected chi connectivity index (χ3v) is 5.40. The first kappa shape index (κ1) is 16.3. The van der Waals surface area contributed by atoms with Crippen molar-refractivity contribution in [1.29, 1.82) is 0 Å². The average molecular weight is 294 g/mol. The maximum Gasteiger partial charge on any atom is 0.249 e. The molecule has 1 saturated carbocycles. The Labute approximate surface area is 128 Å². The van der Waals surface area contributed by atoms with Crippen LogP contribution in [-0.4, -0.2) is 34.3 Å². The van der Waals surface area contributed by atoms with E-state index in [1.807, 2.05) is 18.7 Å². The first-order valence-corrected chi connectivity index (χ1v) is 8.49. The van der Waals surface area contributed by atoms with Gasteiger partial charge in [-0.15, -0.1) is 0 Å². The topological polar surface area (TPSA) is 49.4 Å². The van der Waals surface area contributed by atoms with Crippen molar-refractivity contribution in [2.24, 2.45) is 11.8 Å². The van der Waals surface area contributed by atoms with Crippen molar-refractivity contribution < 1.29 is 9.59 Å². The Morgan fingerprint density at radius 2 is 1.90 bits per heavy atom. The van der Waals surface area contributed by atoms with Crippen molar-refractivity contribution in [1.82, 2.24) is 10.2 Å². The van der Waals surface area contributed by atoms with Crippen LogP contribution in [0.3, 0.4) is 0 Å². The average Bonchev–Trinajstić information content (AvgIpc) is 3.26. The number of nitrogens with zero attached hydrogens (tertiary/aromatic N) is 1. The van der Waals surface area contributed by atoms with Gasteiger partial charge in [-0.05, 0) is 51.4 Å². The van der Waals surface area contributed by atoms with E-state index in [4.69, 9.17) is 0 Å². The highest BCUT2D eigenvalue weighted by Gasteiger charge is 2.55. The van der Waals surface area contributed by atoms with Crippen LogP contribution in [0.15, 0.2) is 0 Å². The molecular formula is C17H30N2O2. The lowest BCUT2D eigenvalue weighted by Crippen LogP contribution is -2.71. The van der Waals surface area contributed by atoms with Crippen LogP contribution in [0.2, 0.25) is 0 Å². The predicted molar refractivity (Wildman–Crippen MR) is 83.7 cm³/mol. The van der Waals surface area contributed by atoms with Gasteiger partial charge in [-0.25, -0.2) is 0 Å². The molecule has 2 amide bonds. The second kappa shape index (κ2) is 5.98. The molecule has 4 heteroatoms. The molecule has 2 rings (SSSR count). The van der Waals surface area contributed by atoms with Crippen LogP contribution in [0.25, 0.3) is 0 Å². The van der Waals surface area contributed by atoms with E-state index < -0.39 is 5.54 Å². The number of rotatable bonds is 6. The molecule has 4 atom stereocenters. The second-order valence-corrected chi connectivity index (χ2v) is 7.20. The summed E-state index contributed by atoms with van der Waals surface area (Å²) in [5.74, 6) is 1.06. The minimum atomic E-state index is -0.674. The Bertz CT molecular complexity index is 419. The summed E-state index contributed by atoms with van der Waals surface area (Å²) in [5, 5.41) is 3.03. The molecule has 0 radical (unpaired) electrons. The Hall–Kier alpha value is -1.06. The molecule has 120 valence electrons. The van der Waals surface area contributed by atoms with Crippen molar-refractivity contribution in [2.75, 3.05) is 0 Å². The van der Waals surface area contributed by atoms with Gasteiger partial charge in [0.25, 0.3) is 0 Å². The lowest BCUT2D eigenvalue weighted by Gasteiger charge is -2.47. The fraction of sp³-hybridized carbons (Fsp3) is 0.882. The van der Waals surface area contributed by atoms with Crippen LogP contribution in [-0.2, 0) is 9.59 Å². The first-order chi connectivity index (χ1) is 9.85. The summed E-state index contributed by atoms with van der Waals surface area (Å²) in [6.07, 6.45) is 4.85. The lowest BCUT2D eigenvalue weighted by molar-refractivity contribution is -0.158. The van der Waals surface area contributed by atoms with Gasteiger partial charge < -0.3 is 10.2 Å². The van der Waals surface area contributed by atoms with Gasteiger partial charge >= 0.3 is 0 Å². The maximum absolute atomic E-state index is 13.1. The van der Waals surface area contributed by atoms with Gasteiger partial charge in [0.05, 0.1) is 0 Å². The zero-order valence-electron chi connectivity index (χ0n) is 14.1. The molecule has 2 fully saturated rings. The number of carbonyl (C=O) groups is 2. The Kier molecular flexibility index (Phi) is 4.64. The monoisotopic (exact) mass is 294 g/mol. The SMILES string of the molecule is CCC(C)CC(C)N1C(=O)C(C)(C2CC2)NC(=O)C1CC. The molecule has 0 aromatic carbocycles. The third-order valence-electron chi connectivity index (χ3n) is 5.40. The summed E-state index contributed by atoms with van der Waals surface area (Å²) < 4.78 is 0. The van der Waals surface area contributed by atoms with Crippen LogP contribution < -0.4 is 5.32 Å². The van der Waals surface area contributed by atoms with Crippen LogP contribution in [0.1, 0.15) is 66.7 Å². The highest BCUT2D eigenvalue weighted by atomic mass is 16.2. The normalized spacial score (nSPS) is 32.8. The molecule has 4 nitrogen and oxygen atoms in total. The highest BCUT2D eigenvalue weighted by molar-refractivity contribution is 6.00. The maximum atomic E-state index is 13.1. The molecule has 1 heterocycles. The number of hydrogen-bond donors (Lipinski definition) is 1. The summed E-state index contributed by atoms with van der Waals surface area (Å²) in [6, 6.07) is -0.176. The van der Waals surface area contributed by atoms with Crippen molar-refractivity contribution >= 4 is 11.8 Å². The molecule has 4 unspecified atom stereocenters. The zero-order valence-corrected chi connectivity index (χ0v) is 14.1. The second-order valence-electron chi connectivity index (χ2n) is 7.20. The van der Waals surface area contributed by atoms with Crippen LogP contribution >= 0.6 is 0 Å². The van der Waals surface area contributed by atoms with E-state index in [0.29, 0.717) is 18.3 Å². The van der Waals surface area contributed by atoms with Crippen LogP contribution in [0.4, 0.5) is 0 Å². The van der Waals surface area contributed by atoms with Gasteiger partial charge in [-0.1, -0.05) is 27.2 Å². The molecule has 1 saturated heterocycles. The summed E-state index contributed by atoms with van der Waals surface area (Å²) in [7, 11) is 0. The van der Waals surface area contributed by atoms with E-state index in [1.54, 1.807) is 0 Å². The van der Waals surface area contributed by atoms with E-state index in [1.165, 1.54) is 0 Å². The van der Waals surface area contributed by atoms with E-state index in [0.717, 1.165) is 25.7 Å². The largest absolute Gasteiger partial charge is 0.340 e. The Balaban J connectivity index is 2.24. The van der Waals surface area contributed by atoms with Crippen molar-refractivity contribution in [3.05, 3.63) is 0 Å². The van der Waals surface area contributed by atoms with Gasteiger partial charge in [-0.3, -0.25) is 9.59 Å². The number of carbonyl (C=O) groups excluding carboxylic acids is 2. The standard InChI is InChI=1S/C17H30N2O2/c1-6-11(3)10-12(4)19-14(7-2)15(20)18-17(5,16(19)21)13-8-9-13/h11-14H,6-10H2,1-5H3,(H,18,20). The number of piperazine rings is 1. The minimum absolute atomic E-state index is 0.0301. The van der Waals surface area contributed by atoms with Gasteiger partial charge in [0.1, 0.15) is 11.6 Å². The van der Waals surface area contributed by atoms with Crippen LogP contribution in [0, 0.1) is 11.8 Å². The van der Waals surface area contributed by atoms with Crippen molar-refractivity contribution in [2.45, 2.75) is 84.3 Å². The molecule has 0 spiro atoms. The molecule has 0 bridgehead atoms. The third kappa shape index (κ3) is 2.95. The van der Waals surface area contributed by atoms with E-state index in [2.05, 4.69) is 26.1 Å². The van der Waals surface area contributed by atoms with Gasteiger partial charge in [0.15, 0.2) is 0 Å². The van der Waals surface area contributed by atoms with Gasteiger partial charge in [0.2, 0.25) is 11.8 Å². The molecule has 21 heavy (non-hydrogen) atoms. The van der Waals surface area contributed by atoms with E-state index >= 15 is 0 Å². The molecule has 1 aliphatic heterocycles. The van der Waals surface area contributed by atoms with Gasteiger partial charge in [-0.2, -0.15) is 0 Å². The predicted octanol–water partition coefficient (Wildman–Crippen LogP) is 2.72. The zero-order chi connectivity index (χ0) is 15.8. The first-order valence-electron chi connectivity index (χ1n) is 8.49. The van der Waals surface area contributed by atoms with E-state index in [9.17, 15) is 9.59 Å². The summed E-state index contributed by atoms with van der Waals surface area (Å²) >= 11 is 0. The molecule has 1 N–H and O–H groups in total. The molecule has 0 aromatic rings. The smallest absolute Gasteiger partial charge is 0.249 e. The number of nitrogens with one attached hydrogen (secondary N) is 1. The van der Waals surface area contributed by atoms with Crippen molar-refractivity contribution in [3.63, 3.8) is 0 Å². The van der Waals surface area contributed by atoms with Crippen LogP contribution in [0.5, 0.6) is 0 Å². The summed E-state index contributed by atoms with van der Waals surface area (Å²) in [5.41, 5.74) is -0.674. The van der Waals surface area contributed by atoms with Gasteiger partial charge in [0, 0.05) is 6.04 Å². The Morgan fingerprint density at radius 1 is 1.29 bits per heavy atom. The van der Waals surface area contributed by atoms with Crippen molar-refractivity contribution in [3.8, 4) is 0 Å².